The summed E-state index contributed by atoms with van der Waals surface area (Å²) in [5, 5.41) is 11.2. The largest absolute Gasteiger partial charge is 0.339 e. The van der Waals surface area contributed by atoms with Crippen LogP contribution in [-0.4, -0.2) is 25.8 Å². The Morgan fingerprint density at radius 3 is 2.52 bits per heavy atom. The fraction of sp³-hybridized carbons (Fsp3) is 0.400. The third-order valence-corrected chi connectivity index (χ3v) is 4.64. The molecule has 3 rings (SSSR count). The first-order chi connectivity index (χ1) is 12.8. The summed E-state index contributed by atoms with van der Waals surface area (Å²) in [7, 11) is 1.85. The van der Waals surface area contributed by atoms with Crippen LogP contribution in [0.2, 0.25) is 0 Å². The smallest absolute Gasteiger partial charge is 0.227 e. The Hall–Kier alpha value is -2.96. The molecular weight excluding hydrogens is 342 g/mol. The Labute approximate surface area is 158 Å². The van der Waals surface area contributed by atoms with Crippen LogP contribution >= 0.6 is 0 Å². The number of aryl methyl sites for hydroxylation is 3. The maximum atomic E-state index is 12.2. The zero-order chi connectivity index (χ0) is 19.6. The molecule has 0 aliphatic rings. The maximum Gasteiger partial charge on any atom is 0.227 e. The highest BCUT2D eigenvalue weighted by molar-refractivity contribution is 5.91. The van der Waals surface area contributed by atoms with Crippen molar-refractivity contribution in [1.29, 1.82) is 0 Å². The molecule has 0 radical (unpaired) electrons. The third kappa shape index (κ3) is 4.24. The normalized spacial score (nSPS) is 11.2. The maximum absolute atomic E-state index is 12.2. The highest BCUT2D eigenvalue weighted by Crippen LogP contribution is 2.21. The molecule has 1 aromatic carbocycles. The van der Waals surface area contributed by atoms with Crippen molar-refractivity contribution in [2.24, 2.45) is 7.05 Å². The molecular formula is C20H25N5O2. The molecule has 142 valence electrons. The minimum Gasteiger partial charge on any atom is -0.339 e. The first-order valence-corrected chi connectivity index (χ1v) is 9.08. The number of rotatable bonds is 6. The summed E-state index contributed by atoms with van der Waals surface area (Å²) in [6.45, 7) is 8.10. The predicted octanol–water partition coefficient (Wildman–Crippen LogP) is 3.78. The van der Waals surface area contributed by atoms with Gasteiger partial charge < -0.3 is 9.84 Å². The number of benzene rings is 1. The number of aromatic nitrogens is 4. The fourth-order valence-electron chi connectivity index (χ4n) is 2.87. The first kappa shape index (κ1) is 18.8. The highest BCUT2D eigenvalue weighted by Gasteiger charge is 2.14. The van der Waals surface area contributed by atoms with Gasteiger partial charge in [-0.2, -0.15) is 10.1 Å². The first-order valence-electron chi connectivity index (χ1n) is 9.08. The molecule has 1 amide bonds. The molecule has 2 heterocycles. The Bertz CT molecular complexity index is 938. The summed E-state index contributed by atoms with van der Waals surface area (Å²) in [6, 6.07) is 8.12. The predicted molar refractivity (Wildman–Crippen MR) is 103 cm³/mol. The van der Waals surface area contributed by atoms with Crippen LogP contribution in [0.15, 0.2) is 28.8 Å². The Kier molecular flexibility index (Phi) is 5.39. The van der Waals surface area contributed by atoms with Crippen molar-refractivity contribution in [1.82, 2.24) is 19.9 Å². The molecule has 1 N–H and O–H groups in total. The minimum atomic E-state index is -0.102. The van der Waals surface area contributed by atoms with Crippen LogP contribution in [-0.2, 0) is 18.3 Å². The zero-order valence-electron chi connectivity index (χ0n) is 16.4. The Balaban J connectivity index is 1.60. The lowest BCUT2D eigenvalue weighted by Gasteiger charge is -2.04. The van der Waals surface area contributed by atoms with Crippen LogP contribution in [0.5, 0.6) is 0 Å². The van der Waals surface area contributed by atoms with Gasteiger partial charge in [-0.3, -0.25) is 9.48 Å². The topological polar surface area (TPSA) is 85.8 Å². The van der Waals surface area contributed by atoms with Crippen molar-refractivity contribution in [3.8, 4) is 11.4 Å². The van der Waals surface area contributed by atoms with Crippen molar-refractivity contribution in [2.45, 2.75) is 46.5 Å². The molecule has 0 aliphatic carbocycles. The second kappa shape index (κ2) is 7.73. The van der Waals surface area contributed by atoms with Crippen LogP contribution in [0.25, 0.3) is 11.4 Å². The number of nitrogens with one attached hydrogen (secondary N) is 1. The van der Waals surface area contributed by atoms with E-state index in [0.29, 0.717) is 24.1 Å². The average molecular weight is 367 g/mol. The molecule has 3 aromatic rings. The Morgan fingerprint density at radius 1 is 1.22 bits per heavy atom. The lowest BCUT2D eigenvalue weighted by molar-refractivity contribution is -0.116. The van der Waals surface area contributed by atoms with Gasteiger partial charge in [-0.15, -0.1) is 0 Å². The van der Waals surface area contributed by atoms with E-state index < -0.39 is 0 Å². The molecule has 0 spiro atoms. The molecule has 27 heavy (non-hydrogen) atoms. The minimum absolute atomic E-state index is 0.102. The van der Waals surface area contributed by atoms with Gasteiger partial charge in [0.15, 0.2) is 0 Å². The lowest BCUT2D eigenvalue weighted by atomic mass is 10.0. The van der Waals surface area contributed by atoms with Gasteiger partial charge in [-0.25, -0.2) is 0 Å². The van der Waals surface area contributed by atoms with Gasteiger partial charge in [0.2, 0.25) is 17.6 Å². The number of amides is 1. The quantitative estimate of drug-likeness (QED) is 0.716. The number of nitrogens with zero attached hydrogens (tertiary/aromatic N) is 4. The molecule has 0 fully saturated rings. The van der Waals surface area contributed by atoms with Crippen LogP contribution < -0.4 is 5.32 Å². The van der Waals surface area contributed by atoms with E-state index >= 15 is 0 Å². The van der Waals surface area contributed by atoms with Gasteiger partial charge in [0, 0.05) is 25.5 Å². The number of hydrogen-bond donors (Lipinski definition) is 1. The van der Waals surface area contributed by atoms with E-state index in [1.807, 2.05) is 33.0 Å². The van der Waals surface area contributed by atoms with Gasteiger partial charge in [-0.05, 0) is 25.3 Å². The monoisotopic (exact) mass is 367 g/mol. The molecule has 2 aromatic heterocycles. The van der Waals surface area contributed by atoms with Crippen molar-refractivity contribution in [3.63, 3.8) is 0 Å². The van der Waals surface area contributed by atoms with Gasteiger partial charge >= 0.3 is 0 Å². The molecule has 7 nitrogen and oxygen atoms in total. The molecule has 7 heteroatoms. The van der Waals surface area contributed by atoms with Crippen LogP contribution in [0, 0.1) is 13.8 Å². The SMILES string of the molecule is Cc1nn(C)c(C)c1NC(=O)CCc1nc(-c2ccc(C(C)C)cc2)no1. The molecule has 0 bridgehead atoms. The molecule has 0 saturated heterocycles. The number of anilines is 1. The second-order valence-electron chi connectivity index (χ2n) is 7.01. The summed E-state index contributed by atoms with van der Waals surface area (Å²) in [5.74, 6) is 1.37. The number of hydrogen-bond acceptors (Lipinski definition) is 5. The van der Waals surface area contributed by atoms with Crippen molar-refractivity contribution in [3.05, 3.63) is 47.1 Å². The van der Waals surface area contributed by atoms with Crippen LogP contribution in [0.4, 0.5) is 5.69 Å². The van der Waals surface area contributed by atoms with E-state index in [9.17, 15) is 4.79 Å². The molecule has 0 unspecified atom stereocenters. The third-order valence-electron chi connectivity index (χ3n) is 4.64. The van der Waals surface area contributed by atoms with Gasteiger partial charge in [0.25, 0.3) is 0 Å². The Morgan fingerprint density at radius 2 is 1.93 bits per heavy atom. The standard InChI is InChI=1S/C20H25N5O2/c1-12(2)15-6-8-16(9-7-15)20-22-18(27-24-20)11-10-17(26)21-19-13(3)23-25(5)14(19)4/h6-9,12H,10-11H2,1-5H3,(H,21,26). The molecule has 0 aliphatic heterocycles. The molecule has 0 saturated carbocycles. The number of carbonyl (C=O) groups excluding carboxylic acids is 1. The molecule has 0 atom stereocenters. The van der Waals surface area contributed by atoms with E-state index in [2.05, 4.69) is 46.5 Å². The van der Waals surface area contributed by atoms with Gasteiger partial charge in [0.05, 0.1) is 17.1 Å². The van der Waals surface area contributed by atoms with Crippen molar-refractivity contribution < 1.29 is 9.32 Å². The van der Waals surface area contributed by atoms with Crippen molar-refractivity contribution in [2.75, 3.05) is 5.32 Å². The summed E-state index contributed by atoms with van der Waals surface area (Å²) < 4.78 is 7.04. The summed E-state index contributed by atoms with van der Waals surface area (Å²) in [5.41, 5.74) is 4.65. The van der Waals surface area contributed by atoms with Crippen LogP contribution in [0.1, 0.15) is 49.0 Å². The number of carbonyl (C=O) groups is 1. The fourth-order valence-corrected chi connectivity index (χ4v) is 2.87. The van der Waals surface area contributed by atoms with Gasteiger partial charge in [-0.1, -0.05) is 43.3 Å². The summed E-state index contributed by atoms with van der Waals surface area (Å²) >= 11 is 0. The highest BCUT2D eigenvalue weighted by atomic mass is 16.5. The van der Waals surface area contributed by atoms with Crippen molar-refractivity contribution >= 4 is 11.6 Å². The van der Waals surface area contributed by atoms with E-state index in [-0.39, 0.29) is 12.3 Å². The second-order valence-corrected chi connectivity index (χ2v) is 7.01. The van der Waals surface area contributed by atoms with E-state index in [0.717, 1.165) is 22.6 Å². The average Bonchev–Trinajstić information content (AvgIpc) is 3.21. The van der Waals surface area contributed by atoms with E-state index in [1.165, 1.54) is 5.56 Å². The van der Waals surface area contributed by atoms with Crippen LogP contribution in [0.3, 0.4) is 0 Å². The van der Waals surface area contributed by atoms with E-state index in [4.69, 9.17) is 4.52 Å². The van der Waals surface area contributed by atoms with Gasteiger partial charge in [0.1, 0.15) is 0 Å². The van der Waals surface area contributed by atoms with E-state index in [1.54, 1.807) is 4.68 Å². The lowest BCUT2D eigenvalue weighted by Crippen LogP contribution is -2.13. The zero-order valence-corrected chi connectivity index (χ0v) is 16.4. The summed E-state index contributed by atoms with van der Waals surface area (Å²) in [6.07, 6.45) is 0.656. The summed E-state index contributed by atoms with van der Waals surface area (Å²) in [4.78, 5) is 16.6.